The Bertz CT molecular complexity index is 586. The third-order valence-corrected chi connectivity index (χ3v) is 2.60. The fourth-order valence-corrected chi connectivity index (χ4v) is 1.62. The van der Waals surface area contributed by atoms with Gasteiger partial charge in [-0.15, -0.1) is 0 Å². The maximum Gasteiger partial charge on any atom is 0.337 e. The molecule has 2 atom stereocenters. The van der Waals surface area contributed by atoms with Crippen molar-refractivity contribution in [3.05, 3.63) is 29.2 Å². The second kappa shape index (κ2) is 4.89. The summed E-state index contributed by atoms with van der Waals surface area (Å²) in [4.78, 5) is 15.1. The molecule has 2 aromatic rings. The van der Waals surface area contributed by atoms with Crippen LogP contribution in [0.5, 0.6) is 0 Å². The number of nitrogens with zero attached hydrogens (tertiary/aromatic N) is 3. The average Bonchev–Trinajstić information content (AvgIpc) is 2.78. The Morgan fingerprint density at radius 1 is 1.50 bits per heavy atom. The fourth-order valence-electron chi connectivity index (χ4n) is 1.48. The summed E-state index contributed by atoms with van der Waals surface area (Å²) in [5.41, 5.74) is 0.580. The first-order valence-electron chi connectivity index (χ1n) is 4.98. The Balaban J connectivity index is 2.41. The molecule has 2 unspecified atom stereocenters. The van der Waals surface area contributed by atoms with Gasteiger partial charge < -0.3 is 14.9 Å². The van der Waals surface area contributed by atoms with Crippen LogP contribution in [-0.4, -0.2) is 44.0 Å². The van der Waals surface area contributed by atoms with E-state index in [1.807, 2.05) is 0 Å². The number of carbonyl (C=O) groups is 1. The van der Waals surface area contributed by atoms with Crippen LogP contribution in [0.4, 0.5) is 0 Å². The van der Waals surface area contributed by atoms with E-state index < -0.39 is 18.2 Å². The summed E-state index contributed by atoms with van der Waals surface area (Å²) < 4.78 is 5.59. The minimum atomic E-state index is -1.71. The lowest BCUT2D eigenvalue weighted by Gasteiger charge is -2.14. The Hall–Kier alpha value is -1.70. The van der Waals surface area contributed by atoms with Gasteiger partial charge in [-0.25, -0.2) is 14.3 Å². The summed E-state index contributed by atoms with van der Waals surface area (Å²) in [6.45, 7) is 0. The van der Waals surface area contributed by atoms with Crippen LogP contribution >= 0.6 is 11.6 Å². The minimum absolute atomic E-state index is 0.144. The van der Waals surface area contributed by atoms with Crippen molar-refractivity contribution in [2.75, 3.05) is 7.11 Å². The molecule has 8 heteroatoms. The molecule has 0 saturated heterocycles. The highest BCUT2D eigenvalue weighted by molar-refractivity contribution is 6.29. The standard InChI is InChI=1S/C10H10ClN3O4/c1-18-10(17)9(16)8(15)5-4-12-7-3-2-6(11)13-14(5)7/h2-4,8-9,15-16H,1H3. The number of aliphatic hydroxyl groups excluding tert-OH is 2. The predicted molar refractivity (Wildman–Crippen MR) is 61.0 cm³/mol. The molecule has 7 nitrogen and oxygen atoms in total. The molecule has 2 N–H and O–H groups in total. The zero-order valence-corrected chi connectivity index (χ0v) is 10.1. The number of halogens is 1. The topological polar surface area (TPSA) is 97.0 Å². The molecule has 0 spiro atoms. The molecular formula is C10H10ClN3O4. The van der Waals surface area contributed by atoms with Crippen molar-refractivity contribution in [3.8, 4) is 0 Å². The number of aromatic nitrogens is 3. The molecule has 0 aliphatic heterocycles. The van der Waals surface area contributed by atoms with E-state index in [9.17, 15) is 15.0 Å². The Labute approximate surface area is 107 Å². The smallest absolute Gasteiger partial charge is 0.337 e. The molecule has 0 aliphatic carbocycles. The monoisotopic (exact) mass is 271 g/mol. The van der Waals surface area contributed by atoms with E-state index in [-0.39, 0.29) is 10.8 Å². The maximum atomic E-state index is 11.1. The summed E-state index contributed by atoms with van der Waals surface area (Å²) in [6, 6.07) is 3.13. The number of esters is 1. The second-order valence-corrected chi connectivity index (χ2v) is 3.91. The summed E-state index contributed by atoms with van der Waals surface area (Å²) in [6.07, 6.45) is -1.91. The van der Waals surface area contributed by atoms with Gasteiger partial charge in [0.15, 0.2) is 11.8 Å². The number of ether oxygens (including phenoxy) is 1. The van der Waals surface area contributed by atoms with Crippen LogP contribution in [0.25, 0.3) is 5.65 Å². The Kier molecular flexibility index (Phi) is 3.46. The number of hydrogen-bond acceptors (Lipinski definition) is 6. The van der Waals surface area contributed by atoms with Gasteiger partial charge in [0.2, 0.25) is 0 Å². The first-order chi connectivity index (χ1) is 8.54. The van der Waals surface area contributed by atoms with E-state index in [1.165, 1.54) is 16.8 Å². The normalized spacial score (nSPS) is 14.4. The van der Waals surface area contributed by atoms with Gasteiger partial charge >= 0.3 is 5.97 Å². The summed E-state index contributed by atoms with van der Waals surface area (Å²) >= 11 is 5.73. The van der Waals surface area contributed by atoms with Crippen molar-refractivity contribution in [2.45, 2.75) is 12.2 Å². The number of carbonyl (C=O) groups excluding carboxylic acids is 1. The van der Waals surface area contributed by atoms with Crippen molar-refractivity contribution < 1.29 is 19.7 Å². The van der Waals surface area contributed by atoms with Crippen LogP contribution in [0, 0.1) is 0 Å². The van der Waals surface area contributed by atoms with Gasteiger partial charge in [0, 0.05) is 0 Å². The number of imidazole rings is 1. The van der Waals surface area contributed by atoms with E-state index >= 15 is 0 Å². The van der Waals surface area contributed by atoms with Gasteiger partial charge in [-0.05, 0) is 12.1 Å². The molecular weight excluding hydrogens is 262 g/mol. The first kappa shape index (κ1) is 12.7. The van der Waals surface area contributed by atoms with Gasteiger partial charge in [-0.1, -0.05) is 11.6 Å². The zero-order chi connectivity index (χ0) is 13.3. The van der Waals surface area contributed by atoms with E-state index in [1.54, 1.807) is 6.07 Å². The molecule has 18 heavy (non-hydrogen) atoms. The van der Waals surface area contributed by atoms with Crippen LogP contribution in [0.3, 0.4) is 0 Å². The fraction of sp³-hybridized carbons (Fsp3) is 0.300. The largest absolute Gasteiger partial charge is 0.467 e. The summed E-state index contributed by atoms with van der Waals surface area (Å²) in [5, 5.41) is 23.6. The summed E-state index contributed by atoms with van der Waals surface area (Å²) in [5.74, 6) is -0.945. The van der Waals surface area contributed by atoms with Crippen LogP contribution in [0.2, 0.25) is 5.15 Å². The van der Waals surface area contributed by atoms with E-state index in [4.69, 9.17) is 11.6 Å². The molecule has 96 valence electrons. The van der Waals surface area contributed by atoms with Gasteiger partial charge in [0.25, 0.3) is 0 Å². The third kappa shape index (κ3) is 2.15. The highest BCUT2D eigenvalue weighted by Crippen LogP contribution is 2.19. The van der Waals surface area contributed by atoms with Crippen molar-refractivity contribution >= 4 is 23.2 Å². The highest BCUT2D eigenvalue weighted by Gasteiger charge is 2.29. The zero-order valence-electron chi connectivity index (χ0n) is 9.32. The molecule has 2 rings (SSSR count). The van der Waals surface area contributed by atoms with E-state index in [0.29, 0.717) is 5.65 Å². The first-order valence-corrected chi connectivity index (χ1v) is 5.36. The molecule has 0 radical (unpaired) electrons. The second-order valence-electron chi connectivity index (χ2n) is 3.52. The lowest BCUT2D eigenvalue weighted by Crippen LogP contribution is -2.29. The van der Waals surface area contributed by atoms with Crippen LogP contribution in [0.15, 0.2) is 18.3 Å². The number of rotatable bonds is 3. The molecule has 0 aliphatic rings. The van der Waals surface area contributed by atoms with Gasteiger partial charge in [0.1, 0.15) is 11.3 Å². The van der Waals surface area contributed by atoms with Crippen molar-refractivity contribution in [3.63, 3.8) is 0 Å². The van der Waals surface area contributed by atoms with Crippen LogP contribution in [0.1, 0.15) is 11.8 Å². The van der Waals surface area contributed by atoms with Gasteiger partial charge in [-0.2, -0.15) is 5.10 Å². The minimum Gasteiger partial charge on any atom is -0.467 e. The van der Waals surface area contributed by atoms with Gasteiger partial charge in [0.05, 0.1) is 19.0 Å². The maximum absolute atomic E-state index is 11.1. The number of hydrogen-bond donors (Lipinski definition) is 2. The predicted octanol–water partition coefficient (Wildman–Crippen LogP) is -0.0500. The number of fused-ring (bicyclic) bond motifs is 1. The van der Waals surface area contributed by atoms with Crippen LogP contribution < -0.4 is 0 Å². The van der Waals surface area contributed by atoms with E-state index in [2.05, 4.69) is 14.8 Å². The molecule has 0 amide bonds. The van der Waals surface area contributed by atoms with Crippen LogP contribution in [-0.2, 0) is 9.53 Å². The molecule has 0 bridgehead atoms. The van der Waals surface area contributed by atoms with Gasteiger partial charge in [-0.3, -0.25) is 0 Å². The highest BCUT2D eigenvalue weighted by atomic mass is 35.5. The quantitative estimate of drug-likeness (QED) is 0.760. The van der Waals surface area contributed by atoms with Crippen molar-refractivity contribution in [1.82, 2.24) is 14.6 Å². The molecule has 2 aromatic heterocycles. The molecule has 2 heterocycles. The lowest BCUT2D eigenvalue weighted by atomic mass is 10.1. The SMILES string of the molecule is COC(=O)C(O)C(O)c1cnc2ccc(Cl)nn12. The molecule has 0 saturated carbocycles. The van der Waals surface area contributed by atoms with Crippen molar-refractivity contribution in [2.24, 2.45) is 0 Å². The van der Waals surface area contributed by atoms with Crippen molar-refractivity contribution in [1.29, 1.82) is 0 Å². The van der Waals surface area contributed by atoms with E-state index in [0.717, 1.165) is 7.11 Å². The third-order valence-electron chi connectivity index (χ3n) is 2.40. The average molecular weight is 272 g/mol. The Morgan fingerprint density at radius 2 is 2.22 bits per heavy atom. The number of aliphatic hydroxyl groups is 2. The Morgan fingerprint density at radius 3 is 2.89 bits per heavy atom. The number of methoxy groups -OCH3 is 1. The summed E-state index contributed by atoms with van der Waals surface area (Å²) in [7, 11) is 1.11. The lowest BCUT2D eigenvalue weighted by molar-refractivity contribution is -0.157. The molecule has 0 aromatic carbocycles. The molecule has 0 fully saturated rings.